The van der Waals surface area contributed by atoms with Crippen LogP contribution in [-0.2, 0) is 0 Å². The number of para-hydroxylation sites is 6. The molecule has 0 fully saturated rings. The molecule has 0 radical (unpaired) electrons. The first-order chi connectivity index (χ1) is 58.2. The number of hydrogen-bond acceptors (Lipinski definition) is 10. The van der Waals surface area contributed by atoms with Crippen LogP contribution in [-0.4, -0.2) is 0 Å². The summed E-state index contributed by atoms with van der Waals surface area (Å²) in [7, 11) is 0. The smallest absolute Gasteiger partial charge is 0.0616 e. The van der Waals surface area contributed by atoms with Crippen LogP contribution >= 0.6 is 69.7 Å². The molecule has 0 atom stereocenters. The second-order valence-corrected chi connectivity index (χ2v) is 38.2. The summed E-state index contributed by atoms with van der Waals surface area (Å²) < 4.78 is 5.29. The van der Waals surface area contributed by atoms with E-state index in [4.69, 9.17) is 0 Å². The minimum atomic E-state index is 0.328. The topological polar surface area (TPSA) is 13.0 Å². The van der Waals surface area contributed by atoms with Gasteiger partial charge in [-0.05, 0) is 234 Å². The molecule has 0 amide bonds. The molecule has 4 nitrogen and oxygen atoms in total. The molecule has 6 heterocycles. The second-order valence-electron chi connectivity index (χ2n) is 31.7. The molecule has 0 N–H and O–H groups in total. The van der Waals surface area contributed by atoms with E-state index in [-0.39, 0.29) is 0 Å². The van der Waals surface area contributed by atoms with Gasteiger partial charge in [-0.3, -0.25) is 0 Å². The fraction of sp³-hybridized carbons (Fsp3) is 0.0556. The van der Waals surface area contributed by atoms with Crippen molar-refractivity contribution < 1.29 is 0 Å². The third-order valence-corrected chi connectivity index (χ3v) is 31.0. The summed E-state index contributed by atoms with van der Waals surface area (Å²) in [5.41, 5.74) is 22.2. The van der Waals surface area contributed by atoms with E-state index in [1.54, 1.807) is 0 Å². The molecule has 4 aliphatic rings. The minimum absolute atomic E-state index is 0.328. The van der Waals surface area contributed by atoms with E-state index in [0.29, 0.717) is 11.8 Å². The number of fused-ring (bicyclic) bond motifs is 16. The molecule has 25 rings (SSSR count). The molecule has 0 saturated heterocycles. The number of thiophene rings is 2. The first-order valence-corrected chi connectivity index (χ1v) is 45.4. The second kappa shape index (κ2) is 27.7. The van der Waals surface area contributed by atoms with Gasteiger partial charge in [-0.15, -0.1) is 22.7 Å². The molecule has 0 saturated carbocycles. The highest BCUT2D eigenvalue weighted by atomic mass is 32.2. The van der Waals surface area contributed by atoms with Crippen molar-refractivity contribution >= 4 is 232 Å². The maximum atomic E-state index is 2.58. The van der Waals surface area contributed by atoms with Gasteiger partial charge >= 0.3 is 0 Å². The lowest BCUT2D eigenvalue weighted by atomic mass is 9.84. The first kappa shape index (κ1) is 70.0. The molecule has 0 unspecified atom stereocenters. The average Bonchev–Trinajstić information content (AvgIpc) is 0.944. The van der Waals surface area contributed by atoms with Crippen LogP contribution in [0, 0.1) is 0 Å². The van der Waals surface area contributed by atoms with Gasteiger partial charge in [0.05, 0.1) is 56.9 Å². The zero-order chi connectivity index (χ0) is 78.1. The van der Waals surface area contributed by atoms with Crippen LogP contribution in [0.15, 0.2) is 391 Å². The molecular weight excluding hydrogens is 1550 g/mol. The van der Waals surface area contributed by atoms with Crippen molar-refractivity contribution in [2.75, 3.05) is 19.6 Å². The molecule has 21 aromatic rings. The Labute approximate surface area is 709 Å². The molecular formula is C108H72N4S6. The Morgan fingerprint density at radius 3 is 0.890 bits per heavy atom. The van der Waals surface area contributed by atoms with Gasteiger partial charge in [0.2, 0.25) is 0 Å². The Kier molecular flexibility index (Phi) is 16.4. The van der Waals surface area contributed by atoms with Crippen molar-refractivity contribution in [3.05, 3.63) is 363 Å². The molecule has 0 aliphatic carbocycles. The van der Waals surface area contributed by atoms with Gasteiger partial charge in [0.25, 0.3) is 0 Å². The van der Waals surface area contributed by atoms with Gasteiger partial charge in [-0.1, -0.05) is 281 Å². The van der Waals surface area contributed by atoms with E-state index in [1.165, 1.54) is 224 Å². The third-order valence-electron chi connectivity index (χ3n) is 24.3. The van der Waals surface area contributed by atoms with Crippen LogP contribution in [0.3, 0.4) is 0 Å². The summed E-state index contributed by atoms with van der Waals surface area (Å²) >= 11 is 11.3. The predicted octanol–water partition coefficient (Wildman–Crippen LogP) is 34.6. The molecule has 10 heteroatoms. The predicted molar refractivity (Wildman–Crippen MR) is 512 cm³/mol. The highest BCUT2D eigenvalue weighted by molar-refractivity contribution is 8.00. The number of anilines is 12. The van der Waals surface area contributed by atoms with Gasteiger partial charge in [0.15, 0.2) is 0 Å². The highest BCUT2D eigenvalue weighted by Crippen LogP contribution is 2.62. The molecule has 2 aromatic heterocycles. The van der Waals surface area contributed by atoms with Crippen molar-refractivity contribution in [2.45, 2.75) is 78.7 Å². The van der Waals surface area contributed by atoms with Gasteiger partial charge in [-0.25, -0.2) is 0 Å². The normalized spacial score (nSPS) is 13.4. The summed E-state index contributed by atoms with van der Waals surface area (Å²) in [4.78, 5) is 20.3. The summed E-state index contributed by atoms with van der Waals surface area (Å²) in [6, 6.07) is 132. The molecule has 4 aliphatic heterocycles. The van der Waals surface area contributed by atoms with Crippen LogP contribution in [0.1, 0.15) is 50.7 Å². The van der Waals surface area contributed by atoms with Crippen molar-refractivity contribution in [1.82, 2.24) is 0 Å². The standard InChI is InChI=1S/C56H34N2S3.C52H38N2S3/c1-3-15-35(16-4-1)55-41-30-28-38(58-47-22-10-14-26-52(47)61-54-33-42-39-19-7-11-23-49(39)59-53(42)34-48(54)58)32-44(41)56(36-17-5-2-6-18-36)40-29-27-37(31-43(40)55)57-45-20-8-12-24-50(45)60-51-25-13-9-21-46(51)57;1-29(2)36-25-42(53-39-14-6-10-18-46(39)56-47-19-11-7-15-40(47)53)34-23-21-33-37(30(3)4)26-43(35-24-22-32(36)51(34)52(33)35)54-41-16-8-12-20-48(41)57-50-27-38-31-13-5-9-17-45(31)55-49(38)28-44(50)54/h1-34H;5-30H,1-4H3. The lowest BCUT2D eigenvalue weighted by molar-refractivity contribution is 0.875. The fourth-order valence-electron chi connectivity index (χ4n) is 19.1. The maximum Gasteiger partial charge on any atom is 0.0616 e. The highest BCUT2D eigenvalue weighted by Gasteiger charge is 2.35. The lowest BCUT2D eigenvalue weighted by Gasteiger charge is -2.36. The number of benzene rings is 19. The SMILES string of the molecule is CC(C)c1cc(N2c3ccccc3Sc3ccccc32)c2ccc3c(C(C)C)cc(N4c5ccccc5Sc5cc6c(cc54)sc4ccccc46)c4ccc1c2c34.c1ccc(-c2c3ccc(N4c5ccccc5Sc5cc6c(cc54)sc4ccccc46)cc3c(-c3ccccc3)c3ccc(N4c5ccccc5Sc5ccccc54)cc23)cc1. The molecule has 0 spiro atoms. The number of rotatable bonds is 8. The number of nitrogens with zero attached hydrogens (tertiary/aromatic N) is 4. The van der Waals surface area contributed by atoms with Crippen molar-refractivity contribution in [1.29, 1.82) is 0 Å². The van der Waals surface area contributed by atoms with E-state index in [9.17, 15) is 0 Å². The Morgan fingerprint density at radius 1 is 0.195 bits per heavy atom. The number of hydrogen-bond donors (Lipinski definition) is 0. The summed E-state index contributed by atoms with van der Waals surface area (Å²) in [5, 5.41) is 18.3. The van der Waals surface area contributed by atoms with Crippen molar-refractivity contribution in [3.63, 3.8) is 0 Å². The largest absolute Gasteiger partial charge is 0.308 e. The van der Waals surface area contributed by atoms with E-state index in [2.05, 4.69) is 399 Å². The molecule has 0 bridgehead atoms. The van der Waals surface area contributed by atoms with E-state index in [0.717, 1.165) is 11.4 Å². The van der Waals surface area contributed by atoms with E-state index < -0.39 is 0 Å². The van der Waals surface area contributed by atoms with Gasteiger partial charge in [0, 0.05) is 102 Å². The summed E-state index contributed by atoms with van der Waals surface area (Å²) in [5.74, 6) is 0.665. The molecule has 118 heavy (non-hydrogen) atoms. The zero-order valence-corrected chi connectivity index (χ0v) is 69.8. The summed E-state index contributed by atoms with van der Waals surface area (Å²) in [6.07, 6.45) is 0. The van der Waals surface area contributed by atoms with Crippen LogP contribution in [0.2, 0.25) is 0 Å². The van der Waals surface area contributed by atoms with Crippen LogP contribution in [0.5, 0.6) is 0 Å². The van der Waals surface area contributed by atoms with E-state index in [1.807, 2.05) is 69.7 Å². The van der Waals surface area contributed by atoms with Crippen LogP contribution in [0.25, 0.3) is 116 Å². The minimum Gasteiger partial charge on any atom is -0.308 e. The quantitative estimate of drug-likeness (QED) is 0.109. The Hall–Kier alpha value is -12.2. The molecule has 19 aromatic carbocycles. The van der Waals surface area contributed by atoms with Gasteiger partial charge < -0.3 is 19.6 Å². The van der Waals surface area contributed by atoms with Crippen molar-refractivity contribution in [2.24, 2.45) is 0 Å². The van der Waals surface area contributed by atoms with Gasteiger partial charge in [-0.2, -0.15) is 0 Å². The monoisotopic (exact) mass is 1620 g/mol. The van der Waals surface area contributed by atoms with E-state index >= 15 is 0 Å². The molecule has 560 valence electrons. The maximum absolute atomic E-state index is 2.58. The lowest BCUT2D eigenvalue weighted by Crippen LogP contribution is -2.16. The van der Waals surface area contributed by atoms with Gasteiger partial charge in [0.1, 0.15) is 0 Å². The fourth-order valence-corrected chi connectivity index (χ4v) is 25.6. The Bertz CT molecular complexity index is 7670. The first-order valence-electron chi connectivity index (χ1n) is 40.5. The average molecular weight is 1620 g/mol. The van der Waals surface area contributed by atoms with Crippen LogP contribution < -0.4 is 19.6 Å². The third kappa shape index (κ3) is 11.0. The zero-order valence-electron chi connectivity index (χ0n) is 64.9. The van der Waals surface area contributed by atoms with Crippen LogP contribution in [0.4, 0.5) is 68.2 Å². The summed E-state index contributed by atoms with van der Waals surface area (Å²) in [6.45, 7) is 9.41. The van der Waals surface area contributed by atoms with Crippen molar-refractivity contribution in [3.8, 4) is 22.3 Å². The Balaban J connectivity index is 0.000000135. The Morgan fingerprint density at radius 2 is 0.500 bits per heavy atom.